The van der Waals surface area contributed by atoms with Gasteiger partial charge in [0.25, 0.3) is 11.6 Å². The van der Waals surface area contributed by atoms with E-state index in [1.165, 1.54) is 18.2 Å². The van der Waals surface area contributed by atoms with Gasteiger partial charge < -0.3 is 5.32 Å². The van der Waals surface area contributed by atoms with Gasteiger partial charge in [0.15, 0.2) is 5.82 Å². The van der Waals surface area contributed by atoms with Gasteiger partial charge >= 0.3 is 0 Å². The maximum atomic E-state index is 12.2. The van der Waals surface area contributed by atoms with Crippen molar-refractivity contribution < 1.29 is 9.72 Å². The Balaban J connectivity index is 1.77. The number of carbonyl (C=O) groups is 1. The zero-order valence-corrected chi connectivity index (χ0v) is 12.8. The molecule has 0 spiro atoms. The Labute approximate surface area is 140 Å². The molecule has 0 aliphatic carbocycles. The van der Waals surface area contributed by atoms with Crippen LogP contribution in [0.15, 0.2) is 48.8 Å². The molecule has 0 fully saturated rings. The fraction of sp³-hybridized carbons (Fsp3) is 0. The number of pyridine rings is 1. The maximum absolute atomic E-state index is 12.2. The second kappa shape index (κ2) is 6.47. The number of amides is 1. The second-order valence-corrected chi connectivity index (χ2v) is 5.19. The van der Waals surface area contributed by atoms with Gasteiger partial charge in [0, 0.05) is 35.7 Å². The van der Waals surface area contributed by atoms with Gasteiger partial charge in [-0.2, -0.15) is 5.10 Å². The van der Waals surface area contributed by atoms with Crippen molar-refractivity contribution >= 4 is 29.0 Å². The van der Waals surface area contributed by atoms with Crippen molar-refractivity contribution in [3.63, 3.8) is 0 Å². The van der Waals surface area contributed by atoms with Crippen molar-refractivity contribution in [1.82, 2.24) is 15.2 Å². The molecule has 2 heterocycles. The van der Waals surface area contributed by atoms with Crippen molar-refractivity contribution in [3.8, 4) is 11.3 Å². The Hall–Kier alpha value is -3.26. The summed E-state index contributed by atoms with van der Waals surface area (Å²) in [7, 11) is 0. The largest absolute Gasteiger partial charge is 0.305 e. The molecule has 0 saturated heterocycles. The summed E-state index contributed by atoms with van der Waals surface area (Å²) >= 11 is 5.81. The zero-order chi connectivity index (χ0) is 17.1. The molecule has 1 amide bonds. The van der Waals surface area contributed by atoms with Gasteiger partial charge in [-0.25, -0.2) is 0 Å². The van der Waals surface area contributed by atoms with E-state index in [0.717, 1.165) is 11.3 Å². The molecule has 0 unspecified atom stereocenters. The topological polar surface area (TPSA) is 114 Å². The number of anilines is 1. The molecular weight excluding hydrogens is 334 g/mol. The Morgan fingerprint density at radius 2 is 1.96 bits per heavy atom. The van der Waals surface area contributed by atoms with Crippen LogP contribution in [-0.4, -0.2) is 26.0 Å². The number of nitrogens with zero attached hydrogens (tertiary/aromatic N) is 3. The van der Waals surface area contributed by atoms with Crippen LogP contribution < -0.4 is 5.32 Å². The second-order valence-electron chi connectivity index (χ2n) is 4.78. The van der Waals surface area contributed by atoms with Crippen LogP contribution in [-0.2, 0) is 0 Å². The molecule has 1 aromatic carbocycles. The van der Waals surface area contributed by atoms with E-state index < -0.39 is 10.8 Å². The normalized spacial score (nSPS) is 10.4. The molecule has 0 aliphatic rings. The summed E-state index contributed by atoms with van der Waals surface area (Å²) in [4.78, 5) is 26.2. The van der Waals surface area contributed by atoms with Crippen molar-refractivity contribution in [2.45, 2.75) is 0 Å². The Bertz CT molecular complexity index is 910. The zero-order valence-electron chi connectivity index (χ0n) is 12.1. The van der Waals surface area contributed by atoms with Crippen molar-refractivity contribution in [1.29, 1.82) is 0 Å². The lowest BCUT2D eigenvalue weighted by Crippen LogP contribution is -2.12. The predicted molar refractivity (Wildman–Crippen MR) is 87.9 cm³/mol. The van der Waals surface area contributed by atoms with Gasteiger partial charge in [-0.05, 0) is 24.3 Å². The van der Waals surface area contributed by atoms with Gasteiger partial charge in [-0.3, -0.25) is 25.0 Å². The summed E-state index contributed by atoms with van der Waals surface area (Å²) in [5, 5.41) is 20.0. The first kappa shape index (κ1) is 15.6. The van der Waals surface area contributed by atoms with Gasteiger partial charge in [-0.1, -0.05) is 11.6 Å². The summed E-state index contributed by atoms with van der Waals surface area (Å²) < 4.78 is 0. The lowest BCUT2D eigenvalue weighted by Gasteiger charge is -2.02. The number of H-pyrrole nitrogens is 1. The van der Waals surface area contributed by atoms with Crippen LogP contribution in [0.2, 0.25) is 5.02 Å². The first-order valence-corrected chi connectivity index (χ1v) is 7.13. The number of nitrogens with one attached hydrogen (secondary N) is 2. The average molecular weight is 344 g/mol. The summed E-state index contributed by atoms with van der Waals surface area (Å²) in [6, 6.07) is 9.02. The minimum Gasteiger partial charge on any atom is -0.305 e. The highest BCUT2D eigenvalue weighted by Gasteiger charge is 2.16. The van der Waals surface area contributed by atoms with E-state index in [2.05, 4.69) is 20.5 Å². The van der Waals surface area contributed by atoms with Crippen LogP contribution in [0, 0.1) is 10.1 Å². The number of carbonyl (C=O) groups excluding carboxylic acids is 1. The molecule has 0 radical (unpaired) electrons. The van der Waals surface area contributed by atoms with Crippen LogP contribution >= 0.6 is 11.6 Å². The summed E-state index contributed by atoms with van der Waals surface area (Å²) in [6.07, 6.45) is 3.29. The fourth-order valence-electron chi connectivity index (χ4n) is 2.05. The number of benzene rings is 1. The molecule has 0 atom stereocenters. The van der Waals surface area contributed by atoms with Crippen molar-refractivity contribution in [3.05, 3.63) is 69.5 Å². The van der Waals surface area contributed by atoms with Gasteiger partial charge in [0.1, 0.15) is 5.02 Å². The molecular formula is C15H10ClN5O3. The molecule has 3 rings (SSSR count). The van der Waals surface area contributed by atoms with E-state index in [9.17, 15) is 14.9 Å². The first-order valence-electron chi connectivity index (χ1n) is 6.75. The summed E-state index contributed by atoms with van der Waals surface area (Å²) in [5.41, 5.74) is 1.53. The molecule has 8 nitrogen and oxygen atoms in total. The first-order chi connectivity index (χ1) is 11.5. The van der Waals surface area contributed by atoms with Gasteiger partial charge in [0.2, 0.25) is 0 Å². The number of hydrogen-bond donors (Lipinski definition) is 2. The molecule has 3 aromatic rings. The number of halogens is 1. The number of nitro benzene ring substituents is 1. The van der Waals surface area contributed by atoms with Crippen LogP contribution in [0.4, 0.5) is 11.5 Å². The lowest BCUT2D eigenvalue weighted by atomic mass is 10.2. The third-order valence-electron chi connectivity index (χ3n) is 3.22. The summed E-state index contributed by atoms with van der Waals surface area (Å²) in [5.74, 6) is -0.152. The molecule has 24 heavy (non-hydrogen) atoms. The van der Waals surface area contributed by atoms with E-state index >= 15 is 0 Å². The van der Waals surface area contributed by atoms with E-state index in [0.29, 0.717) is 5.82 Å². The fourth-order valence-corrected chi connectivity index (χ4v) is 2.30. The SMILES string of the molecule is O=C(Nc1cc(-c2ccncc2)[nH]n1)c1ccc([N+](=O)[O-])c(Cl)c1. The minimum absolute atomic E-state index is 0.104. The number of rotatable bonds is 4. The number of nitro groups is 1. The average Bonchev–Trinajstić information content (AvgIpc) is 3.03. The van der Waals surface area contributed by atoms with Gasteiger partial charge in [0.05, 0.1) is 10.6 Å². The minimum atomic E-state index is -0.612. The van der Waals surface area contributed by atoms with E-state index in [1.807, 2.05) is 0 Å². The highest BCUT2D eigenvalue weighted by atomic mass is 35.5. The van der Waals surface area contributed by atoms with Crippen LogP contribution in [0.3, 0.4) is 0 Å². The lowest BCUT2D eigenvalue weighted by molar-refractivity contribution is -0.384. The molecule has 0 aliphatic heterocycles. The quantitative estimate of drug-likeness (QED) is 0.557. The molecule has 2 N–H and O–H groups in total. The molecule has 9 heteroatoms. The van der Waals surface area contributed by atoms with Crippen LogP contribution in [0.1, 0.15) is 10.4 Å². The van der Waals surface area contributed by atoms with E-state index in [1.54, 1.807) is 30.6 Å². The monoisotopic (exact) mass is 343 g/mol. The van der Waals surface area contributed by atoms with Crippen LogP contribution in [0.25, 0.3) is 11.3 Å². The van der Waals surface area contributed by atoms with Crippen molar-refractivity contribution in [2.24, 2.45) is 0 Å². The van der Waals surface area contributed by atoms with Crippen molar-refractivity contribution in [2.75, 3.05) is 5.32 Å². The molecule has 0 bridgehead atoms. The van der Waals surface area contributed by atoms with Gasteiger partial charge in [-0.15, -0.1) is 0 Å². The van der Waals surface area contributed by atoms with Crippen LogP contribution in [0.5, 0.6) is 0 Å². The van der Waals surface area contributed by atoms with E-state index in [-0.39, 0.29) is 16.3 Å². The summed E-state index contributed by atoms with van der Waals surface area (Å²) in [6.45, 7) is 0. The molecule has 0 saturated carbocycles. The third kappa shape index (κ3) is 3.23. The Morgan fingerprint density at radius 3 is 2.62 bits per heavy atom. The Morgan fingerprint density at radius 1 is 1.21 bits per heavy atom. The predicted octanol–water partition coefficient (Wildman–Crippen LogP) is 3.29. The Kier molecular flexibility index (Phi) is 4.21. The molecule has 120 valence electrons. The number of aromatic nitrogens is 3. The highest BCUT2D eigenvalue weighted by molar-refractivity contribution is 6.33. The smallest absolute Gasteiger partial charge is 0.287 e. The standard InChI is InChI=1S/C15H10ClN5O3/c16-11-7-10(1-2-13(11)21(23)24)15(22)18-14-8-12(19-20-14)9-3-5-17-6-4-9/h1-8H,(H2,18,19,20,22). The highest BCUT2D eigenvalue weighted by Crippen LogP contribution is 2.25. The van der Waals surface area contributed by atoms with E-state index in [4.69, 9.17) is 11.6 Å². The molecule has 2 aromatic heterocycles. The maximum Gasteiger partial charge on any atom is 0.287 e. The number of hydrogen-bond acceptors (Lipinski definition) is 5. The number of aromatic amines is 1. The third-order valence-corrected chi connectivity index (χ3v) is 3.52.